The number of hydrogen-bond acceptors (Lipinski definition) is 8. The minimum atomic E-state index is -1.11. The molecule has 3 aromatic carbocycles. The lowest BCUT2D eigenvalue weighted by atomic mass is 10.1. The summed E-state index contributed by atoms with van der Waals surface area (Å²) in [7, 11) is 0. The summed E-state index contributed by atoms with van der Waals surface area (Å²) < 4.78 is 20.8. The normalized spacial score (nSPS) is 22.6. The summed E-state index contributed by atoms with van der Waals surface area (Å²) in [6.07, 6.45) is 5.77. The number of rotatable bonds is 11. The van der Waals surface area contributed by atoms with Gasteiger partial charge in [-0.3, -0.25) is 4.79 Å². The number of benzene rings is 3. The number of piperazine rings is 1. The van der Waals surface area contributed by atoms with Crippen LogP contribution >= 0.6 is 23.2 Å². The number of carbonyl (C=O) groups is 2. The largest absolute Gasteiger partial charge is 0.491 e. The fourth-order valence-electron chi connectivity index (χ4n) is 6.83. The van der Waals surface area contributed by atoms with Crippen molar-refractivity contribution < 1.29 is 23.8 Å². The van der Waals surface area contributed by atoms with Gasteiger partial charge >= 0.3 is 6.03 Å². The molecule has 0 N–H and O–H groups in total. The highest BCUT2D eigenvalue weighted by molar-refractivity contribution is 6.35. The Morgan fingerprint density at radius 2 is 1.58 bits per heavy atom. The molecule has 3 atom stereocenters. The lowest BCUT2D eigenvalue weighted by Crippen LogP contribution is -2.46. The Bertz CT molecular complexity index is 1800. The Morgan fingerprint density at radius 3 is 2.20 bits per heavy atom. The molecular weight excluding hydrogens is 679 g/mol. The van der Waals surface area contributed by atoms with Crippen molar-refractivity contribution in [1.29, 1.82) is 0 Å². The van der Waals surface area contributed by atoms with Gasteiger partial charge in [0.2, 0.25) is 5.79 Å². The van der Waals surface area contributed by atoms with Gasteiger partial charge in [-0.25, -0.2) is 14.7 Å². The Labute approximate surface area is 301 Å². The predicted molar refractivity (Wildman–Crippen MR) is 193 cm³/mol. The van der Waals surface area contributed by atoms with Gasteiger partial charge in [0.05, 0.1) is 30.2 Å². The standard InChI is InChI=1S/C37H40Cl2N6O5/c1-3-15-44-26(2)35(46)45(36(44)47)30-7-5-28(6-8-30)42-17-19-43(20-18-42)29-9-11-31(12-10-29)48-22-32-23-49-37(50-32,24-41-16-14-40-25-41)33-13-4-27(38)21-34(33)39/h4-14,16,21,25-26,32H,3,15,17-20,22-24H2,1-2H3/t26?,32-,37-/m1/s1. The van der Waals surface area contributed by atoms with Crippen LogP contribution in [0.25, 0.3) is 0 Å². The Morgan fingerprint density at radius 1 is 0.920 bits per heavy atom. The average Bonchev–Trinajstić information content (AvgIpc) is 3.84. The maximum Gasteiger partial charge on any atom is 0.332 e. The van der Waals surface area contributed by atoms with Crippen molar-refractivity contribution in [1.82, 2.24) is 14.5 Å². The van der Waals surface area contributed by atoms with E-state index in [4.69, 9.17) is 37.4 Å². The lowest BCUT2D eigenvalue weighted by Gasteiger charge is -2.37. The van der Waals surface area contributed by atoms with E-state index in [0.29, 0.717) is 47.6 Å². The Balaban J connectivity index is 0.919. The predicted octanol–water partition coefficient (Wildman–Crippen LogP) is 6.43. The molecule has 4 aromatic rings. The van der Waals surface area contributed by atoms with Crippen LogP contribution in [-0.4, -0.2) is 84.5 Å². The topological polar surface area (TPSA) is 92.6 Å². The van der Waals surface area contributed by atoms with Gasteiger partial charge in [-0.05, 0) is 74.0 Å². The van der Waals surface area contributed by atoms with Crippen LogP contribution in [0, 0.1) is 0 Å². The van der Waals surface area contributed by atoms with E-state index in [2.05, 4.69) is 26.9 Å². The first-order valence-electron chi connectivity index (χ1n) is 16.9. The van der Waals surface area contributed by atoms with Crippen molar-refractivity contribution in [2.75, 3.05) is 60.6 Å². The minimum Gasteiger partial charge on any atom is -0.491 e. The molecule has 1 aromatic heterocycles. The molecule has 7 rings (SSSR count). The summed E-state index contributed by atoms with van der Waals surface area (Å²) in [4.78, 5) is 37.5. The summed E-state index contributed by atoms with van der Waals surface area (Å²) in [6, 6.07) is 20.5. The van der Waals surface area contributed by atoms with E-state index in [0.717, 1.165) is 49.7 Å². The molecule has 3 aliphatic heterocycles. The van der Waals surface area contributed by atoms with Crippen LogP contribution < -0.4 is 19.4 Å². The first kappa shape index (κ1) is 34.2. The molecule has 0 saturated carbocycles. The Kier molecular flexibility index (Phi) is 9.92. The lowest BCUT2D eigenvalue weighted by molar-refractivity contribution is -0.189. The molecule has 1 unspecified atom stereocenters. The van der Waals surface area contributed by atoms with Crippen LogP contribution in [0.4, 0.5) is 21.9 Å². The number of anilines is 3. The van der Waals surface area contributed by atoms with Crippen LogP contribution in [0.1, 0.15) is 25.8 Å². The third kappa shape index (κ3) is 6.87. The first-order chi connectivity index (χ1) is 24.2. The first-order valence-corrected chi connectivity index (χ1v) is 17.7. The van der Waals surface area contributed by atoms with Gasteiger partial charge in [0, 0.05) is 67.1 Å². The number of urea groups is 1. The fraction of sp³-hybridized carbons (Fsp3) is 0.378. The molecule has 4 heterocycles. The number of nitrogens with zero attached hydrogens (tertiary/aromatic N) is 6. The van der Waals surface area contributed by atoms with E-state index in [-0.39, 0.29) is 18.0 Å². The molecule has 13 heteroatoms. The SMILES string of the molecule is CCCN1C(=O)N(c2ccc(N3CCN(c4ccc(OC[C@@H]5CO[C@@](Cn6ccnc6)(c6ccc(Cl)cc6Cl)O5)cc4)CC3)cc2)C(=O)C1C. The van der Waals surface area contributed by atoms with Crippen molar-refractivity contribution in [3.63, 3.8) is 0 Å². The molecule has 3 saturated heterocycles. The van der Waals surface area contributed by atoms with E-state index in [1.165, 1.54) is 4.90 Å². The third-order valence-corrected chi connectivity index (χ3v) is 10.0. The van der Waals surface area contributed by atoms with Gasteiger partial charge in [0.25, 0.3) is 5.91 Å². The van der Waals surface area contributed by atoms with Crippen molar-refractivity contribution in [3.05, 3.63) is 101 Å². The summed E-state index contributed by atoms with van der Waals surface area (Å²) in [5.74, 6) is -0.536. The number of imide groups is 1. The second-order valence-corrected chi connectivity index (χ2v) is 13.6. The van der Waals surface area contributed by atoms with Crippen LogP contribution in [0.15, 0.2) is 85.5 Å². The van der Waals surface area contributed by atoms with E-state index >= 15 is 0 Å². The van der Waals surface area contributed by atoms with Crippen molar-refractivity contribution >= 4 is 52.2 Å². The van der Waals surface area contributed by atoms with E-state index < -0.39 is 11.8 Å². The molecule has 3 fully saturated rings. The number of ether oxygens (including phenoxy) is 3. The molecule has 50 heavy (non-hydrogen) atoms. The molecule has 0 spiro atoms. The van der Waals surface area contributed by atoms with Crippen LogP contribution in [0.2, 0.25) is 10.0 Å². The second-order valence-electron chi connectivity index (χ2n) is 12.8. The van der Waals surface area contributed by atoms with Gasteiger partial charge in [0.1, 0.15) is 24.5 Å². The van der Waals surface area contributed by atoms with Gasteiger partial charge in [-0.1, -0.05) is 36.2 Å². The van der Waals surface area contributed by atoms with Gasteiger partial charge < -0.3 is 33.5 Å². The molecule has 3 amide bonds. The number of aromatic nitrogens is 2. The summed E-state index contributed by atoms with van der Waals surface area (Å²) in [6.45, 7) is 8.79. The number of hydrogen-bond donors (Lipinski definition) is 0. The molecule has 0 bridgehead atoms. The molecule has 0 radical (unpaired) electrons. The Hall–Kier alpha value is -4.29. The van der Waals surface area contributed by atoms with Crippen molar-refractivity contribution in [2.24, 2.45) is 0 Å². The summed E-state index contributed by atoms with van der Waals surface area (Å²) in [5.41, 5.74) is 3.51. The number of imidazole rings is 1. The van der Waals surface area contributed by atoms with Crippen molar-refractivity contribution in [2.45, 2.75) is 44.7 Å². The van der Waals surface area contributed by atoms with Crippen molar-refractivity contribution in [3.8, 4) is 5.75 Å². The zero-order chi connectivity index (χ0) is 34.8. The number of carbonyl (C=O) groups excluding carboxylic acids is 2. The van der Waals surface area contributed by atoms with Crippen LogP contribution in [-0.2, 0) is 26.6 Å². The quantitative estimate of drug-likeness (QED) is 0.164. The molecule has 0 aliphatic carbocycles. The smallest absolute Gasteiger partial charge is 0.332 e. The minimum absolute atomic E-state index is 0.176. The highest BCUT2D eigenvalue weighted by Gasteiger charge is 2.45. The maximum atomic E-state index is 12.9. The number of amides is 3. The van der Waals surface area contributed by atoms with E-state index in [1.807, 2.05) is 60.2 Å². The summed E-state index contributed by atoms with van der Waals surface area (Å²) in [5, 5.41) is 1.01. The van der Waals surface area contributed by atoms with Gasteiger partial charge in [-0.2, -0.15) is 0 Å². The third-order valence-electron chi connectivity index (χ3n) is 9.49. The summed E-state index contributed by atoms with van der Waals surface area (Å²) >= 11 is 12.8. The van der Waals surface area contributed by atoms with E-state index in [1.54, 1.807) is 36.5 Å². The number of halogens is 2. The second kappa shape index (κ2) is 14.5. The highest BCUT2D eigenvalue weighted by atomic mass is 35.5. The van der Waals surface area contributed by atoms with E-state index in [9.17, 15) is 9.59 Å². The average molecular weight is 720 g/mol. The molecule has 3 aliphatic rings. The molecule has 262 valence electrons. The van der Waals surface area contributed by atoms with Crippen LogP contribution in [0.5, 0.6) is 5.75 Å². The molecule has 11 nitrogen and oxygen atoms in total. The fourth-order valence-corrected chi connectivity index (χ4v) is 7.38. The maximum absolute atomic E-state index is 12.9. The van der Waals surface area contributed by atoms with Gasteiger partial charge in [0.15, 0.2) is 0 Å². The van der Waals surface area contributed by atoms with Crippen LogP contribution in [0.3, 0.4) is 0 Å². The van der Waals surface area contributed by atoms with Gasteiger partial charge in [-0.15, -0.1) is 0 Å². The zero-order valence-corrected chi connectivity index (χ0v) is 29.6. The highest BCUT2D eigenvalue weighted by Crippen LogP contribution is 2.41. The zero-order valence-electron chi connectivity index (χ0n) is 28.1. The monoisotopic (exact) mass is 718 g/mol. The molecular formula is C37H40Cl2N6O5.